The van der Waals surface area contributed by atoms with Crippen molar-refractivity contribution in [3.8, 4) is 0 Å². The van der Waals surface area contributed by atoms with Gasteiger partial charge in [0.1, 0.15) is 0 Å². The van der Waals surface area contributed by atoms with E-state index in [-0.39, 0.29) is 0 Å². The number of rotatable bonds is 7. The molecule has 2 nitrogen and oxygen atoms in total. The largest absolute Gasteiger partial charge is 0.471 e. The zero-order chi connectivity index (χ0) is 12.6. The van der Waals surface area contributed by atoms with Crippen LogP contribution in [0, 0.1) is 0 Å². The lowest BCUT2D eigenvalue weighted by Crippen LogP contribution is -2.26. The molecule has 0 amide bonds. The van der Waals surface area contributed by atoms with Crippen molar-refractivity contribution in [1.29, 1.82) is 0 Å². The van der Waals surface area contributed by atoms with E-state index in [1.807, 2.05) is 50.3 Å². The van der Waals surface area contributed by atoms with Gasteiger partial charge in [-0.3, -0.25) is 0 Å². The molecule has 0 aliphatic heterocycles. The average Bonchev–Trinajstić information content (AvgIpc) is 2.30. The zero-order valence-electron chi connectivity index (χ0n) is 11.0. The molecule has 0 heterocycles. The average molecular weight is 234 g/mol. The van der Waals surface area contributed by atoms with Crippen LogP contribution in [0.25, 0.3) is 6.08 Å². The van der Waals surface area contributed by atoms with Crippen molar-refractivity contribution < 1.29 is 9.47 Å². The number of benzene rings is 1. The molecule has 2 heteroatoms. The third-order valence-electron chi connectivity index (χ3n) is 2.36. The minimum Gasteiger partial charge on any atom is -0.471 e. The van der Waals surface area contributed by atoms with Crippen LogP contribution in [0.1, 0.15) is 39.2 Å². The van der Waals surface area contributed by atoms with Crippen molar-refractivity contribution in [3.63, 3.8) is 0 Å². The summed E-state index contributed by atoms with van der Waals surface area (Å²) in [5.41, 5.74) is 1.12. The molecule has 0 atom stereocenters. The van der Waals surface area contributed by atoms with Crippen LogP contribution in [-0.2, 0) is 9.47 Å². The Bertz CT molecular complexity index is 328. The minimum absolute atomic E-state index is 0.555. The minimum atomic E-state index is -0.555. The molecule has 0 unspecified atom stereocenters. The summed E-state index contributed by atoms with van der Waals surface area (Å²) in [6.45, 7) is 6.74. The van der Waals surface area contributed by atoms with E-state index in [2.05, 4.69) is 6.92 Å². The van der Waals surface area contributed by atoms with Gasteiger partial charge in [0, 0.05) is 13.8 Å². The number of unbranched alkanes of at least 4 members (excludes halogenated alkanes) is 1. The van der Waals surface area contributed by atoms with Gasteiger partial charge in [-0.1, -0.05) is 43.7 Å². The molecule has 1 aromatic rings. The Morgan fingerprint density at radius 3 is 2.53 bits per heavy atom. The number of hydrogen-bond acceptors (Lipinski definition) is 2. The maximum absolute atomic E-state index is 5.63. The van der Waals surface area contributed by atoms with Crippen LogP contribution in [0.15, 0.2) is 36.6 Å². The Morgan fingerprint density at radius 1 is 1.18 bits per heavy atom. The molecule has 0 aromatic heterocycles. The van der Waals surface area contributed by atoms with E-state index in [1.165, 1.54) is 0 Å². The summed E-state index contributed by atoms with van der Waals surface area (Å²) < 4.78 is 11.2. The summed E-state index contributed by atoms with van der Waals surface area (Å²) >= 11 is 0. The zero-order valence-corrected chi connectivity index (χ0v) is 11.0. The second kappa shape index (κ2) is 7.13. The van der Waals surface area contributed by atoms with E-state index < -0.39 is 5.79 Å². The predicted octanol–water partition coefficient (Wildman–Crippen LogP) is 4.23. The number of ether oxygens (including phenoxy) is 2. The van der Waals surface area contributed by atoms with Crippen molar-refractivity contribution in [2.75, 3.05) is 6.61 Å². The van der Waals surface area contributed by atoms with Crippen LogP contribution in [0.4, 0.5) is 0 Å². The Morgan fingerprint density at radius 2 is 1.88 bits per heavy atom. The first-order valence-electron chi connectivity index (χ1n) is 6.17. The predicted molar refractivity (Wildman–Crippen MR) is 71.5 cm³/mol. The molecule has 0 spiro atoms. The summed E-state index contributed by atoms with van der Waals surface area (Å²) in [6.07, 6.45) is 5.83. The van der Waals surface area contributed by atoms with Crippen LogP contribution in [-0.4, -0.2) is 12.4 Å². The molecule has 1 aromatic carbocycles. The first-order valence-corrected chi connectivity index (χ1v) is 6.17. The first kappa shape index (κ1) is 13.8. The SMILES string of the molecule is CCCCOC(C)(C)OC=Cc1ccccc1. The van der Waals surface area contributed by atoms with Crippen molar-refractivity contribution in [1.82, 2.24) is 0 Å². The van der Waals surface area contributed by atoms with Crippen LogP contribution in [0.2, 0.25) is 0 Å². The van der Waals surface area contributed by atoms with Crippen LogP contribution >= 0.6 is 0 Å². The summed E-state index contributed by atoms with van der Waals surface area (Å²) in [6, 6.07) is 10.1. The van der Waals surface area contributed by atoms with Crippen molar-refractivity contribution in [3.05, 3.63) is 42.2 Å². The van der Waals surface area contributed by atoms with Gasteiger partial charge in [0.2, 0.25) is 5.79 Å². The van der Waals surface area contributed by atoms with E-state index >= 15 is 0 Å². The van der Waals surface area contributed by atoms with E-state index in [0.29, 0.717) is 0 Å². The molecule has 0 bridgehead atoms. The lowest BCUT2D eigenvalue weighted by Gasteiger charge is -2.24. The fourth-order valence-electron chi connectivity index (χ4n) is 1.34. The molecule has 0 fully saturated rings. The maximum atomic E-state index is 5.63. The van der Waals surface area contributed by atoms with Gasteiger partial charge in [-0.05, 0) is 18.1 Å². The van der Waals surface area contributed by atoms with Crippen molar-refractivity contribution in [2.24, 2.45) is 0 Å². The van der Waals surface area contributed by atoms with E-state index in [1.54, 1.807) is 6.26 Å². The smallest absolute Gasteiger partial charge is 0.203 e. The lowest BCUT2D eigenvalue weighted by atomic mass is 10.2. The second-order valence-corrected chi connectivity index (χ2v) is 4.43. The highest BCUT2D eigenvalue weighted by atomic mass is 16.7. The molecular weight excluding hydrogens is 212 g/mol. The Hall–Kier alpha value is -1.28. The van der Waals surface area contributed by atoms with Gasteiger partial charge in [-0.2, -0.15) is 0 Å². The molecular formula is C15H22O2. The third kappa shape index (κ3) is 6.12. The van der Waals surface area contributed by atoms with E-state index in [9.17, 15) is 0 Å². The van der Waals surface area contributed by atoms with Gasteiger partial charge < -0.3 is 9.47 Å². The van der Waals surface area contributed by atoms with Gasteiger partial charge in [-0.15, -0.1) is 0 Å². The highest BCUT2D eigenvalue weighted by molar-refractivity contribution is 5.47. The van der Waals surface area contributed by atoms with Crippen molar-refractivity contribution in [2.45, 2.75) is 39.4 Å². The standard InChI is InChI=1S/C15H22O2/c1-4-5-12-16-15(2,3)17-13-11-14-9-7-6-8-10-14/h6-11,13H,4-5,12H2,1-3H3. The van der Waals surface area contributed by atoms with E-state index in [0.717, 1.165) is 25.0 Å². The van der Waals surface area contributed by atoms with Crippen LogP contribution < -0.4 is 0 Å². The van der Waals surface area contributed by atoms with Gasteiger partial charge in [0.25, 0.3) is 0 Å². The molecule has 0 saturated heterocycles. The summed E-state index contributed by atoms with van der Waals surface area (Å²) in [4.78, 5) is 0. The molecule has 0 aliphatic carbocycles. The first-order chi connectivity index (χ1) is 8.14. The molecule has 94 valence electrons. The fraction of sp³-hybridized carbons (Fsp3) is 0.467. The number of hydrogen-bond donors (Lipinski definition) is 0. The maximum Gasteiger partial charge on any atom is 0.203 e. The van der Waals surface area contributed by atoms with Gasteiger partial charge in [-0.25, -0.2) is 0 Å². The van der Waals surface area contributed by atoms with Crippen LogP contribution in [0.5, 0.6) is 0 Å². The summed E-state index contributed by atoms with van der Waals surface area (Å²) in [7, 11) is 0. The Kier molecular flexibility index (Phi) is 5.78. The normalized spacial score (nSPS) is 11.9. The van der Waals surface area contributed by atoms with Crippen molar-refractivity contribution >= 4 is 6.08 Å². The second-order valence-electron chi connectivity index (χ2n) is 4.43. The molecule has 17 heavy (non-hydrogen) atoms. The van der Waals surface area contributed by atoms with E-state index in [4.69, 9.17) is 9.47 Å². The molecule has 0 N–H and O–H groups in total. The Balaban J connectivity index is 2.36. The fourth-order valence-corrected chi connectivity index (χ4v) is 1.34. The molecule has 0 saturated carbocycles. The lowest BCUT2D eigenvalue weighted by molar-refractivity contribution is -0.181. The third-order valence-corrected chi connectivity index (χ3v) is 2.36. The summed E-state index contributed by atoms with van der Waals surface area (Å²) in [5.74, 6) is -0.555. The van der Waals surface area contributed by atoms with Crippen LogP contribution in [0.3, 0.4) is 0 Å². The Labute approximate surface area is 104 Å². The highest BCUT2D eigenvalue weighted by Gasteiger charge is 2.17. The topological polar surface area (TPSA) is 18.5 Å². The van der Waals surface area contributed by atoms with Gasteiger partial charge in [0.15, 0.2) is 0 Å². The summed E-state index contributed by atoms with van der Waals surface area (Å²) in [5, 5.41) is 0. The quantitative estimate of drug-likeness (QED) is 0.399. The molecule has 0 radical (unpaired) electrons. The monoisotopic (exact) mass is 234 g/mol. The van der Waals surface area contributed by atoms with Gasteiger partial charge >= 0.3 is 0 Å². The molecule has 0 aliphatic rings. The molecule has 1 rings (SSSR count). The van der Waals surface area contributed by atoms with Gasteiger partial charge in [0.05, 0.1) is 12.9 Å². The highest BCUT2D eigenvalue weighted by Crippen LogP contribution is 2.13.